The van der Waals surface area contributed by atoms with E-state index in [-0.39, 0.29) is 17.6 Å². The number of imide groups is 1. The summed E-state index contributed by atoms with van der Waals surface area (Å²) in [7, 11) is 0. The molecule has 28 heavy (non-hydrogen) atoms. The summed E-state index contributed by atoms with van der Waals surface area (Å²) in [6.45, 7) is 3.09. The van der Waals surface area contributed by atoms with Crippen molar-refractivity contribution < 1.29 is 14.3 Å². The van der Waals surface area contributed by atoms with Crippen molar-refractivity contribution in [1.29, 1.82) is 0 Å². The third-order valence-corrected chi connectivity index (χ3v) is 5.56. The maximum absolute atomic E-state index is 12.4. The minimum Gasteiger partial charge on any atom is -0.494 e. The summed E-state index contributed by atoms with van der Waals surface area (Å²) in [6, 6.07) is 15.7. The van der Waals surface area contributed by atoms with Crippen molar-refractivity contribution >= 4 is 34.6 Å². The molecule has 1 saturated heterocycles. The fourth-order valence-electron chi connectivity index (χ4n) is 3.32. The van der Waals surface area contributed by atoms with Crippen LogP contribution in [0, 0.1) is 0 Å². The van der Waals surface area contributed by atoms with Crippen molar-refractivity contribution in [3.8, 4) is 11.4 Å². The highest BCUT2D eigenvalue weighted by Crippen LogP contribution is 2.29. The first-order valence-corrected chi connectivity index (χ1v) is 10.3. The first-order valence-electron chi connectivity index (χ1n) is 9.34. The first kappa shape index (κ1) is 18.6. The minimum atomic E-state index is -0.155. The number of carbonyl (C=O) groups is 2. The molecule has 0 bridgehead atoms. The van der Waals surface area contributed by atoms with Crippen molar-refractivity contribution in [2.45, 2.75) is 24.9 Å². The molecule has 0 spiro atoms. The Labute approximate surface area is 167 Å². The normalized spacial score (nSPS) is 14.0. The number of hydrogen-bond acceptors (Lipinski definition) is 5. The van der Waals surface area contributed by atoms with Gasteiger partial charge in [-0.15, -0.1) is 0 Å². The summed E-state index contributed by atoms with van der Waals surface area (Å²) in [6.07, 6.45) is 1.21. The third kappa shape index (κ3) is 3.62. The predicted octanol–water partition coefficient (Wildman–Crippen LogP) is 3.67. The maximum Gasteiger partial charge on any atom is 0.239 e. The first-order chi connectivity index (χ1) is 13.7. The molecule has 0 aliphatic carbocycles. The molecule has 3 aromatic rings. The Bertz CT molecular complexity index is 1010. The summed E-state index contributed by atoms with van der Waals surface area (Å²) < 4.78 is 7.57. The van der Waals surface area contributed by atoms with Crippen LogP contribution in [-0.2, 0) is 9.59 Å². The van der Waals surface area contributed by atoms with Gasteiger partial charge in [-0.25, -0.2) is 4.98 Å². The van der Waals surface area contributed by atoms with E-state index in [2.05, 4.69) is 0 Å². The average molecular weight is 395 g/mol. The summed E-state index contributed by atoms with van der Waals surface area (Å²) in [4.78, 5) is 30.3. The van der Waals surface area contributed by atoms with Crippen LogP contribution >= 0.6 is 11.8 Å². The number of benzene rings is 2. The molecule has 6 nitrogen and oxygen atoms in total. The molecule has 2 aromatic carbocycles. The number of ether oxygens (including phenoxy) is 1. The molecule has 7 heteroatoms. The highest BCUT2D eigenvalue weighted by molar-refractivity contribution is 7.99. The number of carbonyl (C=O) groups excluding carboxylic acids is 2. The summed E-state index contributed by atoms with van der Waals surface area (Å²) in [5.74, 6) is 0.766. The molecule has 1 aliphatic rings. The predicted molar refractivity (Wildman–Crippen MR) is 109 cm³/mol. The van der Waals surface area contributed by atoms with Gasteiger partial charge in [0.2, 0.25) is 11.8 Å². The van der Waals surface area contributed by atoms with E-state index in [1.165, 1.54) is 16.7 Å². The van der Waals surface area contributed by atoms with Gasteiger partial charge in [-0.3, -0.25) is 19.1 Å². The number of nitrogens with zero attached hydrogens (tertiary/aromatic N) is 3. The lowest BCUT2D eigenvalue weighted by molar-refractivity contribution is -0.140. The number of imidazole rings is 1. The summed E-state index contributed by atoms with van der Waals surface area (Å²) >= 11 is 1.36. The number of thioether (sulfide) groups is 1. The van der Waals surface area contributed by atoms with Gasteiger partial charge in [-0.2, -0.15) is 0 Å². The molecule has 0 unspecified atom stereocenters. The van der Waals surface area contributed by atoms with Crippen LogP contribution in [0.15, 0.2) is 53.7 Å². The van der Waals surface area contributed by atoms with Gasteiger partial charge in [0.1, 0.15) is 5.75 Å². The third-order valence-electron chi connectivity index (χ3n) is 4.64. The van der Waals surface area contributed by atoms with Crippen LogP contribution in [0.5, 0.6) is 5.75 Å². The van der Waals surface area contributed by atoms with Gasteiger partial charge in [0.25, 0.3) is 0 Å². The summed E-state index contributed by atoms with van der Waals surface area (Å²) in [5, 5.41) is 0.727. The van der Waals surface area contributed by atoms with E-state index in [4.69, 9.17) is 9.72 Å². The highest BCUT2D eigenvalue weighted by Gasteiger charge is 2.26. The number of rotatable bonds is 6. The molecular weight excluding hydrogens is 374 g/mol. The van der Waals surface area contributed by atoms with Gasteiger partial charge in [0, 0.05) is 18.7 Å². The highest BCUT2D eigenvalue weighted by atomic mass is 32.2. The molecule has 1 fully saturated rings. The van der Waals surface area contributed by atoms with Gasteiger partial charge in [-0.1, -0.05) is 23.9 Å². The molecular formula is C21H21N3O3S. The fourth-order valence-corrected chi connectivity index (χ4v) is 4.23. The van der Waals surface area contributed by atoms with Crippen molar-refractivity contribution in [2.75, 3.05) is 18.9 Å². The topological polar surface area (TPSA) is 64.4 Å². The second-order valence-corrected chi connectivity index (χ2v) is 7.42. The number of aromatic nitrogens is 2. The number of para-hydroxylation sites is 2. The number of amides is 2. The zero-order chi connectivity index (χ0) is 19.5. The standard InChI is InChI=1S/C21H21N3O3S/c1-2-27-16-11-9-15(10-12-16)24-18-7-4-3-6-17(18)22-21(24)28-14-20(26)23-13-5-8-19(23)25/h3-4,6-7,9-12H,2,5,8,13-14H2,1H3. The van der Waals surface area contributed by atoms with Crippen molar-refractivity contribution in [2.24, 2.45) is 0 Å². The second-order valence-electron chi connectivity index (χ2n) is 6.48. The van der Waals surface area contributed by atoms with Gasteiger partial charge in [0.05, 0.1) is 23.4 Å². The Morgan fingerprint density at radius 3 is 2.68 bits per heavy atom. The van der Waals surface area contributed by atoms with E-state index in [9.17, 15) is 9.59 Å². The van der Waals surface area contributed by atoms with E-state index >= 15 is 0 Å². The molecule has 0 atom stereocenters. The van der Waals surface area contributed by atoms with Gasteiger partial charge in [-0.05, 0) is 49.7 Å². The molecule has 1 aromatic heterocycles. The summed E-state index contributed by atoms with van der Waals surface area (Å²) in [5.41, 5.74) is 2.78. The van der Waals surface area contributed by atoms with E-state index in [1.807, 2.05) is 60.0 Å². The quantitative estimate of drug-likeness (QED) is 0.596. The van der Waals surface area contributed by atoms with Gasteiger partial charge < -0.3 is 4.74 Å². The van der Waals surface area contributed by atoms with Crippen molar-refractivity contribution in [3.63, 3.8) is 0 Å². The molecule has 0 radical (unpaired) electrons. The lowest BCUT2D eigenvalue weighted by atomic mass is 10.2. The zero-order valence-corrected chi connectivity index (χ0v) is 16.4. The van der Waals surface area contributed by atoms with Crippen LogP contribution in [0.4, 0.5) is 0 Å². The van der Waals surface area contributed by atoms with Crippen LogP contribution in [0.2, 0.25) is 0 Å². The number of likely N-dealkylation sites (tertiary alicyclic amines) is 1. The minimum absolute atomic E-state index is 0.0781. The lowest BCUT2D eigenvalue weighted by Crippen LogP contribution is -2.33. The lowest BCUT2D eigenvalue weighted by Gasteiger charge is -2.14. The van der Waals surface area contributed by atoms with E-state index in [0.29, 0.717) is 19.6 Å². The van der Waals surface area contributed by atoms with Crippen LogP contribution in [0.3, 0.4) is 0 Å². The smallest absolute Gasteiger partial charge is 0.239 e. The van der Waals surface area contributed by atoms with E-state index in [0.717, 1.165) is 34.0 Å². The number of hydrogen-bond donors (Lipinski definition) is 0. The molecule has 0 saturated carbocycles. The molecule has 0 N–H and O–H groups in total. The van der Waals surface area contributed by atoms with Crippen molar-refractivity contribution in [3.05, 3.63) is 48.5 Å². The number of fused-ring (bicyclic) bond motifs is 1. The Hall–Kier alpha value is -2.80. The Kier molecular flexibility index (Phi) is 5.34. The van der Waals surface area contributed by atoms with Gasteiger partial charge in [0.15, 0.2) is 5.16 Å². The van der Waals surface area contributed by atoms with E-state index in [1.54, 1.807) is 0 Å². The maximum atomic E-state index is 12.4. The Balaban J connectivity index is 1.63. The van der Waals surface area contributed by atoms with Gasteiger partial charge >= 0.3 is 0 Å². The van der Waals surface area contributed by atoms with Crippen LogP contribution in [0.1, 0.15) is 19.8 Å². The fraction of sp³-hybridized carbons (Fsp3) is 0.286. The monoisotopic (exact) mass is 395 g/mol. The van der Waals surface area contributed by atoms with Crippen LogP contribution in [-0.4, -0.2) is 45.2 Å². The molecule has 1 aliphatic heterocycles. The molecule has 144 valence electrons. The average Bonchev–Trinajstić information content (AvgIpc) is 3.30. The molecule has 4 rings (SSSR count). The Morgan fingerprint density at radius 2 is 1.96 bits per heavy atom. The zero-order valence-electron chi connectivity index (χ0n) is 15.6. The van der Waals surface area contributed by atoms with Crippen molar-refractivity contribution in [1.82, 2.24) is 14.5 Å². The van der Waals surface area contributed by atoms with Crippen LogP contribution in [0.25, 0.3) is 16.7 Å². The largest absolute Gasteiger partial charge is 0.494 e. The molecule has 2 heterocycles. The second kappa shape index (κ2) is 8.06. The van der Waals surface area contributed by atoms with Crippen LogP contribution < -0.4 is 4.74 Å². The van der Waals surface area contributed by atoms with E-state index < -0.39 is 0 Å². The Morgan fingerprint density at radius 1 is 1.18 bits per heavy atom. The molecule has 2 amide bonds. The SMILES string of the molecule is CCOc1ccc(-n2c(SCC(=O)N3CCCC3=O)nc3ccccc32)cc1.